The molecule has 94 valence electrons. The Balaban J connectivity index is 2.14. The molecule has 1 N–H and O–H groups in total. The van der Waals surface area contributed by atoms with Crippen LogP contribution < -0.4 is 5.32 Å². The standard InChI is InChI=1S/C14H12ClF2N/c1-9-7-11(16)6-5-10(9)8-18-13-4-2-3-12(15)14(13)17/h2-7,18H,8H2,1H3. The second-order valence-corrected chi connectivity index (χ2v) is 4.43. The lowest BCUT2D eigenvalue weighted by molar-refractivity contribution is 0.625. The van der Waals surface area contributed by atoms with E-state index in [-0.39, 0.29) is 10.8 Å². The molecule has 0 atom stereocenters. The Kier molecular flexibility index (Phi) is 3.82. The minimum Gasteiger partial charge on any atom is -0.379 e. The second-order valence-electron chi connectivity index (χ2n) is 4.03. The van der Waals surface area contributed by atoms with E-state index >= 15 is 0 Å². The monoisotopic (exact) mass is 267 g/mol. The smallest absolute Gasteiger partial charge is 0.164 e. The van der Waals surface area contributed by atoms with Gasteiger partial charge < -0.3 is 5.32 Å². The molecule has 0 heterocycles. The Morgan fingerprint density at radius 1 is 1.17 bits per heavy atom. The van der Waals surface area contributed by atoms with Crippen LogP contribution in [0.3, 0.4) is 0 Å². The zero-order chi connectivity index (χ0) is 13.1. The first-order chi connectivity index (χ1) is 8.58. The maximum Gasteiger partial charge on any atom is 0.164 e. The fraction of sp³-hybridized carbons (Fsp3) is 0.143. The summed E-state index contributed by atoms with van der Waals surface area (Å²) in [7, 11) is 0. The molecule has 2 aromatic rings. The molecule has 4 heteroatoms. The lowest BCUT2D eigenvalue weighted by Gasteiger charge is -2.10. The number of nitrogens with one attached hydrogen (secondary N) is 1. The first kappa shape index (κ1) is 12.8. The van der Waals surface area contributed by atoms with Crippen LogP contribution in [-0.4, -0.2) is 0 Å². The molecular weight excluding hydrogens is 256 g/mol. The van der Waals surface area contributed by atoms with Crippen molar-refractivity contribution in [2.24, 2.45) is 0 Å². The van der Waals surface area contributed by atoms with Gasteiger partial charge in [-0.15, -0.1) is 0 Å². The quantitative estimate of drug-likeness (QED) is 0.861. The molecule has 0 saturated heterocycles. The fourth-order valence-electron chi connectivity index (χ4n) is 1.69. The van der Waals surface area contributed by atoms with E-state index in [0.29, 0.717) is 12.2 Å². The lowest BCUT2D eigenvalue weighted by Crippen LogP contribution is -2.03. The van der Waals surface area contributed by atoms with Crippen molar-refractivity contribution in [1.82, 2.24) is 0 Å². The van der Waals surface area contributed by atoms with Gasteiger partial charge in [-0.1, -0.05) is 23.7 Å². The van der Waals surface area contributed by atoms with Crippen LogP contribution in [0.5, 0.6) is 0 Å². The molecule has 0 unspecified atom stereocenters. The molecule has 1 nitrogen and oxygen atoms in total. The number of benzene rings is 2. The molecule has 0 radical (unpaired) electrons. The van der Waals surface area contributed by atoms with Crippen LogP contribution in [0.4, 0.5) is 14.5 Å². The summed E-state index contributed by atoms with van der Waals surface area (Å²) in [5.41, 5.74) is 2.08. The minimum absolute atomic E-state index is 0.0795. The first-order valence-electron chi connectivity index (χ1n) is 5.51. The van der Waals surface area contributed by atoms with Gasteiger partial charge in [0.2, 0.25) is 0 Å². The van der Waals surface area contributed by atoms with Gasteiger partial charge in [-0.2, -0.15) is 0 Å². The summed E-state index contributed by atoms with van der Waals surface area (Å²) in [4.78, 5) is 0. The lowest BCUT2D eigenvalue weighted by atomic mass is 10.1. The first-order valence-corrected chi connectivity index (χ1v) is 5.88. The average molecular weight is 268 g/mol. The van der Waals surface area contributed by atoms with E-state index in [1.165, 1.54) is 18.2 Å². The zero-order valence-electron chi connectivity index (χ0n) is 9.81. The molecular formula is C14H12ClF2N. The van der Waals surface area contributed by atoms with Gasteiger partial charge >= 0.3 is 0 Å². The predicted molar refractivity (Wildman–Crippen MR) is 69.9 cm³/mol. The molecule has 0 bridgehead atoms. The van der Waals surface area contributed by atoms with Crippen LogP contribution in [0.2, 0.25) is 5.02 Å². The maximum absolute atomic E-state index is 13.6. The van der Waals surface area contributed by atoms with E-state index in [2.05, 4.69) is 5.32 Å². The normalized spacial score (nSPS) is 10.4. The highest BCUT2D eigenvalue weighted by molar-refractivity contribution is 6.31. The third-order valence-electron chi connectivity index (χ3n) is 2.73. The van der Waals surface area contributed by atoms with Gasteiger partial charge in [-0.25, -0.2) is 8.78 Å². The second kappa shape index (κ2) is 5.36. The Morgan fingerprint density at radius 3 is 2.67 bits per heavy atom. The highest BCUT2D eigenvalue weighted by Gasteiger charge is 2.06. The van der Waals surface area contributed by atoms with Crippen LogP contribution >= 0.6 is 11.6 Å². The molecule has 0 aromatic heterocycles. The van der Waals surface area contributed by atoms with Gasteiger partial charge in [-0.3, -0.25) is 0 Å². The molecule has 0 aliphatic rings. The zero-order valence-corrected chi connectivity index (χ0v) is 10.6. The average Bonchev–Trinajstić information content (AvgIpc) is 2.33. The number of rotatable bonds is 3. The number of anilines is 1. The third-order valence-corrected chi connectivity index (χ3v) is 3.02. The summed E-state index contributed by atoms with van der Waals surface area (Å²) in [6.07, 6.45) is 0. The SMILES string of the molecule is Cc1cc(F)ccc1CNc1cccc(Cl)c1F. The third kappa shape index (κ3) is 2.79. The minimum atomic E-state index is -0.473. The fourth-order valence-corrected chi connectivity index (χ4v) is 1.86. The molecule has 0 fully saturated rings. The Hall–Kier alpha value is -1.61. The van der Waals surface area contributed by atoms with Crippen molar-refractivity contribution >= 4 is 17.3 Å². The van der Waals surface area contributed by atoms with E-state index < -0.39 is 5.82 Å². The molecule has 0 aliphatic carbocycles. The van der Waals surface area contributed by atoms with Crippen molar-refractivity contribution in [3.63, 3.8) is 0 Å². The van der Waals surface area contributed by atoms with E-state index in [1.807, 2.05) is 6.92 Å². The Morgan fingerprint density at radius 2 is 1.94 bits per heavy atom. The summed E-state index contributed by atoms with van der Waals surface area (Å²) in [5, 5.41) is 3.03. The van der Waals surface area contributed by atoms with Crippen molar-refractivity contribution in [3.8, 4) is 0 Å². The molecule has 2 aromatic carbocycles. The van der Waals surface area contributed by atoms with E-state index in [4.69, 9.17) is 11.6 Å². The predicted octanol–water partition coefficient (Wildman–Crippen LogP) is 4.54. The maximum atomic E-state index is 13.6. The van der Waals surface area contributed by atoms with Gasteiger partial charge in [-0.05, 0) is 42.3 Å². The van der Waals surface area contributed by atoms with Crippen LogP contribution in [0.1, 0.15) is 11.1 Å². The number of hydrogen-bond donors (Lipinski definition) is 1. The van der Waals surface area contributed by atoms with Crippen LogP contribution in [0, 0.1) is 18.6 Å². The number of halogens is 3. The Labute approximate surface area is 109 Å². The highest BCUT2D eigenvalue weighted by Crippen LogP contribution is 2.22. The van der Waals surface area contributed by atoms with Crippen molar-refractivity contribution in [1.29, 1.82) is 0 Å². The van der Waals surface area contributed by atoms with Gasteiger partial charge in [0.1, 0.15) is 5.82 Å². The molecule has 0 saturated carbocycles. The summed E-state index contributed by atoms with van der Waals surface area (Å²) >= 11 is 5.68. The van der Waals surface area contributed by atoms with E-state index in [9.17, 15) is 8.78 Å². The molecule has 0 spiro atoms. The van der Waals surface area contributed by atoms with Crippen LogP contribution in [0.25, 0.3) is 0 Å². The molecule has 18 heavy (non-hydrogen) atoms. The molecule has 0 aliphatic heterocycles. The Bertz CT molecular complexity index is 570. The van der Waals surface area contributed by atoms with Gasteiger partial charge in [0.05, 0.1) is 10.7 Å². The van der Waals surface area contributed by atoms with Crippen molar-refractivity contribution in [3.05, 3.63) is 64.2 Å². The van der Waals surface area contributed by atoms with E-state index in [0.717, 1.165) is 11.1 Å². The summed E-state index contributed by atoms with van der Waals surface area (Å²) in [5.74, 6) is -0.746. The summed E-state index contributed by atoms with van der Waals surface area (Å²) in [6.45, 7) is 2.23. The summed E-state index contributed by atoms with van der Waals surface area (Å²) in [6, 6.07) is 9.29. The molecule has 2 rings (SSSR count). The molecule has 0 amide bonds. The van der Waals surface area contributed by atoms with Crippen molar-refractivity contribution in [2.75, 3.05) is 5.32 Å². The van der Waals surface area contributed by atoms with Gasteiger partial charge in [0, 0.05) is 6.54 Å². The topological polar surface area (TPSA) is 12.0 Å². The largest absolute Gasteiger partial charge is 0.379 e. The van der Waals surface area contributed by atoms with Crippen LogP contribution in [0.15, 0.2) is 36.4 Å². The van der Waals surface area contributed by atoms with Gasteiger partial charge in [0.25, 0.3) is 0 Å². The van der Waals surface area contributed by atoms with Crippen LogP contribution in [-0.2, 0) is 6.54 Å². The van der Waals surface area contributed by atoms with Gasteiger partial charge in [0.15, 0.2) is 5.82 Å². The van der Waals surface area contributed by atoms with E-state index in [1.54, 1.807) is 18.2 Å². The summed E-state index contributed by atoms with van der Waals surface area (Å²) < 4.78 is 26.5. The van der Waals surface area contributed by atoms with Crippen molar-refractivity contribution < 1.29 is 8.78 Å². The van der Waals surface area contributed by atoms with Crippen molar-refractivity contribution in [2.45, 2.75) is 13.5 Å². The highest BCUT2D eigenvalue weighted by atomic mass is 35.5. The number of hydrogen-bond acceptors (Lipinski definition) is 1. The number of aryl methyl sites for hydroxylation is 1.